The Labute approximate surface area is 195 Å². The van der Waals surface area contributed by atoms with Crippen molar-refractivity contribution in [1.29, 1.82) is 0 Å². The van der Waals surface area contributed by atoms with Crippen molar-refractivity contribution in [1.82, 2.24) is 0 Å². The minimum atomic E-state index is 0.335. The predicted octanol–water partition coefficient (Wildman–Crippen LogP) is 11.1. The van der Waals surface area contributed by atoms with Crippen LogP contribution >= 0.6 is 0 Å². The van der Waals surface area contributed by atoms with Crippen LogP contribution in [0.2, 0.25) is 0 Å². The first-order valence-electron chi connectivity index (χ1n) is 13.9. The second-order valence-corrected chi connectivity index (χ2v) is 10.1. The summed E-state index contributed by atoms with van der Waals surface area (Å²) in [5, 5.41) is 13.1. The molecule has 179 valence electrons. The highest BCUT2D eigenvalue weighted by Crippen LogP contribution is 2.37. The zero-order chi connectivity index (χ0) is 22.7. The van der Waals surface area contributed by atoms with Gasteiger partial charge in [-0.2, -0.15) is 0 Å². The van der Waals surface area contributed by atoms with E-state index in [1.807, 2.05) is 0 Å². The molecule has 1 aromatic rings. The standard InChI is InChI=1S/C30H53O/c1-5-7-9-11-13-15-17-19-22-26(3)28-24-21-25-29(30(28)31)27(4)23-20-18-16-14-12-10-8-6-2/h21,24-27H,5-20,22-23H2,1-4H3. The van der Waals surface area contributed by atoms with Crippen LogP contribution in [0.1, 0.15) is 166 Å². The Balaban J connectivity index is 2.31. The Hall–Kier alpha value is -0.980. The summed E-state index contributed by atoms with van der Waals surface area (Å²) in [5.41, 5.74) is 2.12. The zero-order valence-corrected chi connectivity index (χ0v) is 21.5. The topological polar surface area (TPSA) is 19.9 Å². The summed E-state index contributed by atoms with van der Waals surface area (Å²) in [6.07, 6.45) is 23.9. The second kappa shape index (κ2) is 18.6. The molecule has 0 fully saturated rings. The highest BCUT2D eigenvalue weighted by Gasteiger charge is 2.18. The van der Waals surface area contributed by atoms with Crippen molar-refractivity contribution in [2.24, 2.45) is 0 Å². The molecule has 2 unspecified atom stereocenters. The molecule has 0 spiro atoms. The third-order valence-electron chi connectivity index (χ3n) is 7.12. The first-order valence-corrected chi connectivity index (χ1v) is 13.9. The molecule has 0 aliphatic heterocycles. The summed E-state index contributed by atoms with van der Waals surface area (Å²) in [5.74, 6) is 1.12. The van der Waals surface area contributed by atoms with Gasteiger partial charge < -0.3 is 0 Å². The second-order valence-electron chi connectivity index (χ2n) is 10.1. The van der Waals surface area contributed by atoms with Crippen LogP contribution in [0.15, 0.2) is 18.2 Å². The van der Waals surface area contributed by atoms with E-state index in [2.05, 4.69) is 45.9 Å². The van der Waals surface area contributed by atoms with Gasteiger partial charge in [-0.25, -0.2) is 0 Å². The van der Waals surface area contributed by atoms with Gasteiger partial charge in [0.05, 0.1) is 0 Å². The van der Waals surface area contributed by atoms with Crippen molar-refractivity contribution in [3.05, 3.63) is 29.3 Å². The number of para-hydroxylation sites is 1. The van der Waals surface area contributed by atoms with Crippen molar-refractivity contribution in [3.63, 3.8) is 0 Å². The van der Waals surface area contributed by atoms with Crippen LogP contribution in [0.5, 0.6) is 5.75 Å². The maximum atomic E-state index is 13.1. The van der Waals surface area contributed by atoms with E-state index in [9.17, 15) is 5.11 Å². The third-order valence-corrected chi connectivity index (χ3v) is 7.12. The maximum absolute atomic E-state index is 13.1. The van der Waals surface area contributed by atoms with Crippen LogP contribution in [0.4, 0.5) is 0 Å². The molecule has 1 radical (unpaired) electrons. The molecule has 0 saturated heterocycles. The summed E-state index contributed by atoms with van der Waals surface area (Å²) in [7, 11) is 0. The Bertz CT molecular complexity index is 491. The van der Waals surface area contributed by atoms with Gasteiger partial charge in [-0.1, -0.05) is 149 Å². The molecule has 0 aliphatic carbocycles. The molecule has 1 heteroatoms. The van der Waals surface area contributed by atoms with Gasteiger partial charge in [0.2, 0.25) is 0 Å². The highest BCUT2D eigenvalue weighted by atomic mass is 16.3. The summed E-state index contributed by atoms with van der Waals surface area (Å²) < 4.78 is 0. The molecular formula is C30H53O. The number of hydrogen-bond acceptors (Lipinski definition) is 0. The Morgan fingerprint density at radius 2 is 0.871 bits per heavy atom. The van der Waals surface area contributed by atoms with Crippen LogP contribution in [0.25, 0.3) is 0 Å². The van der Waals surface area contributed by atoms with Crippen LogP contribution < -0.4 is 0 Å². The summed E-state index contributed by atoms with van der Waals surface area (Å²) in [6, 6.07) is 6.30. The predicted molar refractivity (Wildman–Crippen MR) is 138 cm³/mol. The summed E-state index contributed by atoms with van der Waals surface area (Å²) in [4.78, 5) is 0. The molecule has 0 aliphatic rings. The quantitative estimate of drug-likeness (QED) is 0.184. The lowest BCUT2D eigenvalue weighted by atomic mass is 9.87. The number of benzene rings is 1. The number of hydrogen-bond donors (Lipinski definition) is 0. The molecular weight excluding hydrogens is 376 g/mol. The van der Waals surface area contributed by atoms with Gasteiger partial charge in [0.25, 0.3) is 0 Å². The Morgan fingerprint density at radius 3 is 1.23 bits per heavy atom. The zero-order valence-electron chi connectivity index (χ0n) is 21.5. The average Bonchev–Trinajstić information content (AvgIpc) is 2.77. The van der Waals surface area contributed by atoms with Gasteiger partial charge >= 0.3 is 0 Å². The van der Waals surface area contributed by atoms with Gasteiger partial charge in [0, 0.05) is 11.1 Å². The largest absolute Gasteiger partial charge is 0.289 e. The van der Waals surface area contributed by atoms with E-state index in [1.165, 1.54) is 103 Å². The van der Waals surface area contributed by atoms with E-state index < -0.39 is 0 Å². The smallest absolute Gasteiger partial charge is 0.185 e. The first kappa shape index (κ1) is 28.1. The normalized spacial score (nSPS) is 13.4. The van der Waals surface area contributed by atoms with Crippen molar-refractivity contribution >= 4 is 0 Å². The van der Waals surface area contributed by atoms with E-state index in [-0.39, 0.29) is 0 Å². The average molecular weight is 430 g/mol. The molecule has 31 heavy (non-hydrogen) atoms. The molecule has 1 aromatic carbocycles. The van der Waals surface area contributed by atoms with Gasteiger partial charge in [-0.05, 0) is 24.7 Å². The minimum Gasteiger partial charge on any atom is -0.289 e. The Kier molecular flexibility index (Phi) is 16.8. The van der Waals surface area contributed by atoms with Gasteiger partial charge in [0.1, 0.15) is 0 Å². The third kappa shape index (κ3) is 12.6. The van der Waals surface area contributed by atoms with Crippen molar-refractivity contribution in [2.75, 3.05) is 0 Å². The van der Waals surface area contributed by atoms with E-state index in [0.29, 0.717) is 17.6 Å². The fraction of sp³-hybridized carbons (Fsp3) is 0.800. The van der Waals surface area contributed by atoms with E-state index >= 15 is 0 Å². The van der Waals surface area contributed by atoms with E-state index in [0.717, 1.165) is 24.0 Å². The molecule has 0 aromatic heterocycles. The van der Waals surface area contributed by atoms with Crippen molar-refractivity contribution in [3.8, 4) is 5.75 Å². The molecule has 0 heterocycles. The first-order chi connectivity index (χ1) is 15.1. The molecule has 1 nitrogen and oxygen atoms in total. The highest BCUT2D eigenvalue weighted by molar-refractivity contribution is 5.43. The molecule has 1 rings (SSSR count). The molecule has 0 amide bonds. The van der Waals surface area contributed by atoms with Crippen molar-refractivity contribution in [2.45, 2.75) is 155 Å². The SMILES string of the molecule is CCCCCCCCCCC(C)c1cccc(C(C)CCCCCCCCCC)c1[O]. The van der Waals surface area contributed by atoms with Gasteiger partial charge in [0.15, 0.2) is 5.75 Å². The summed E-state index contributed by atoms with van der Waals surface area (Å²) >= 11 is 0. The lowest BCUT2D eigenvalue weighted by Gasteiger charge is -2.18. The Morgan fingerprint density at radius 1 is 0.548 bits per heavy atom. The molecule has 0 saturated carbocycles. The molecule has 0 N–H and O–H groups in total. The fourth-order valence-electron chi connectivity index (χ4n) is 4.83. The van der Waals surface area contributed by atoms with Crippen molar-refractivity contribution < 1.29 is 5.11 Å². The lowest BCUT2D eigenvalue weighted by Crippen LogP contribution is -2.00. The minimum absolute atomic E-state index is 0.335. The van der Waals surface area contributed by atoms with Crippen LogP contribution in [-0.4, -0.2) is 0 Å². The monoisotopic (exact) mass is 429 g/mol. The molecule has 0 bridgehead atoms. The van der Waals surface area contributed by atoms with E-state index in [1.54, 1.807) is 0 Å². The van der Waals surface area contributed by atoms with Gasteiger partial charge in [-0.3, -0.25) is 5.11 Å². The number of unbranched alkanes of at least 4 members (excludes halogenated alkanes) is 14. The maximum Gasteiger partial charge on any atom is 0.185 e. The molecule has 2 atom stereocenters. The summed E-state index contributed by atoms with van der Waals surface area (Å²) in [6.45, 7) is 9.06. The lowest BCUT2D eigenvalue weighted by molar-refractivity contribution is 0.337. The number of rotatable bonds is 20. The van der Waals surface area contributed by atoms with Crippen LogP contribution in [0, 0.1) is 0 Å². The van der Waals surface area contributed by atoms with Crippen LogP contribution in [-0.2, 0) is 5.11 Å². The van der Waals surface area contributed by atoms with Gasteiger partial charge in [-0.15, -0.1) is 0 Å². The fourth-order valence-corrected chi connectivity index (χ4v) is 4.83. The van der Waals surface area contributed by atoms with Crippen LogP contribution in [0.3, 0.4) is 0 Å². The van der Waals surface area contributed by atoms with E-state index in [4.69, 9.17) is 0 Å².